The van der Waals surface area contributed by atoms with Crippen LogP contribution in [-0.4, -0.2) is 28.8 Å². The van der Waals surface area contributed by atoms with Gasteiger partial charge >= 0.3 is 5.97 Å². The van der Waals surface area contributed by atoms with E-state index in [0.717, 1.165) is 15.1 Å². The lowest BCUT2D eigenvalue weighted by Crippen LogP contribution is -2.16. The zero-order valence-corrected chi connectivity index (χ0v) is 18.4. The van der Waals surface area contributed by atoms with Gasteiger partial charge in [0.15, 0.2) is 4.80 Å². The summed E-state index contributed by atoms with van der Waals surface area (Å²) < 4.78 is 7.99. The van der Waals surface area contributed by atoms with Crippen molar-refractivity contribution in [2.75, 3.05) is 12.4 Å². The Labute approximate surface area is 178 Å². The number of fused-ring (bicyclic) bond motifs is 1. The van der Waals surface area contributed by atoms with Crippen LogP contribution < -0.4 is 4.80 Å². The third kappa shape index (κ3) is 5.36. The van der Waals surface area contributed by atoms with E-state index >= 15 is 0 Å². The summed E-state index contributed by atoms with van der Waals surface area (Å²) in [7, 11) is 0. The van der Waals surface area contributed by atoms with Crippen LogP contribution in [0.3, 0.4) is 0 Å². The van der Waals surface area contributed by atoms with Gasteiger partial charge < -0.3 is 9.30 Å². The number of nitrogens with zero attached hydrogens (tertiary/aromatic N) is 2. The van der Waals surface area contributed by atoms with Gasteiger partial charge in [-0.2, -0.15) is 4.99 Å². The smallest absolute Gasteiger partial charge is 0.338 e. The standard InChI is InChI=1S/C22H24N2O3S2/c1-4-24-18-11-8-16(21(26)27-5-2)14-19(18)29-22(24)23-20(25)12-13-28-17-9-6-15(3)7-10-17/h6-11,14H,4-5,12-13H2,1-3H3. The van der Waals surface area contributed by atoms with Gasteiger partial charge in [0, 0.05) is 23.6 Å². The molecule has 1 aromatic heterocycles. The Morgan fingerprint density at radius 2 is 1.90 bits per heavy atom. The largest absolute Gasteiger partial charge is 0.462 e. The van der Waals surface area contributed by atoms with Crippen LogP contribution in [0.1, 0.15) is 36.2 Å². The molecule has 0 fully saturated rings. The first-order valence-corrected chi connectivity index (χ1v) is 11.4. The van der Waals surface area contributed by atoms with Crippen molar-refractivity contribution in [1.29, 1.82) is 0 Å². The van der Waals surface area contributed by atoms with E-state index < -0.39 is 0 Å². The fourth-order valence-electron chi connectivity index (χ4n) is 2.86. The van der Waals surface area contributed by atoms with Crippen molar-refractivity contribution in [2.24, 2.45) is 4.99 Å². The van der Waals surface area contributed by atoms with Crippen molar-refractivity contribution in [2.45, 2.75) is 38.6 Å². The van der Waals surface area contributed by atoms with Crippen molar-refractivity contribution >= 4 is 45.2 Å². The van der Waals surface area contributed by atoms with Gasteiger partial charge in [0.05, 0.1) is 22.4 Å². The van der Waals surface area contributed by atoms with Crippen LogP contribution in [0.15, 0.2) is 52.4 Å². The monoisotopic (exact) mass is 428 g/mol. The van der Waals surface area contributed by atoms with Crippen LogP contribution in [0.25, 0.3) is 10.2 Å². The zero-order chi connectivity index (χ0) is 20.8. The van der Waals surface area contributed by atoms with E-state index in [-0.39, 0.29) is 11.9 Å². The lowest BCUT2D eigenvalue weighted by molar-refractivity contribution is -0.117. The molecule has 0 N–H and O–H groups in total. The summed E-state index contributed by atoms with van der Waals surface area (Å²) in [6.45, 7) is 6.89. The van der Waals surface area contributed by atoms with Crippen molar-refractivity contribution in [3.8, 4) is 0 Å². The Morgan fingerprint density at radius 3 is 2.59 bits per heavy atom. The van der Waals surface area contributed by atoms with Crippen LogP contribution in [0.4, 0.5) is 0 Å². The number of carbonyl (C=O) groups excluding carboxylic acids is 2. The number of hydrogen-bond acceptors (Lipinski definition) is 5. The van der Waals surface area contributed by atoms with Crippen LogP contribution in [0.5, 0.6) is 0 Å². The molecule has 0 aliphatic heterocycles. The van der Waals surface area contributed by atoms with Crippen molar-refractivity contribution in [1.82, 2.24) is 4.57 Å². The van der Waals surface area contributed by atoms with Crippen LogP contribution in [-0.2, 0) is 16.1 Å². The number of thiazole rings is 1. The number of hydrogen-bond donors (Lipinski definition) is 0. The van der Waals surface area contributed by atoms with Gasteiger partial charge in [-0.15, -0.1) is 11.8 Å². The zero-order valence-electron chi connectivity index (χ0n) is 16.8. The molecule has 5 nitrogen and oxygen atoms in total. The number of rotatable bonds is 7. The first-order valence-electron chi connectivity index (χ1n) is 9.59. The van der Waals surface area contributed by atoms with E-state index in [4.69, 9.17) is 4.74 Å². The highest BCUT2D eigenvalue weighted by molar-refractivity contribution is 7.99. The lowest BCUT2D eigenvalue weighted by atomic mass is 10.2. The molecule has 1 amide bonds. The predicted octanol–water partition coefficient (Wildman–Crippen LogP) is 4.82. The molecule has 3 aromatic rings. The summed E-state index contributed by atoms with van der Waals surface area (Å²) in [5.41, 5.74) is 2.70. The minimum absolute atomic E-state index is 0.135. The highest BCUT2D eigenvalue weighted by Gasteiger charge is 2.12. The van der Waals surface area contributed by atoms with Crippen molar-refractivity contribution in [3.63, 3.8) is 0 Å². The summed E-state index contributed by atoms with van der Waals surface area (Å²) >= 11 is 3.08. The third-order valence-electron chi connectivity index (χ3n) is 4.34. The first kappa shape index (κ1) is 21.3. The number of thioether (sulfide) groups is 1. The molecule has 0 radical (unpaired) electrons. The number of benzene rings is 2. The van der Waals surface area contributed by atoms with E-state index in [0.29, 0.717) is 35.7 Å². The highest BCUT2D eigenvalue weighted by atomic mass is 32.2. The Balaban J connectivity index is 1.76. The molecule has 1 heterocycles. The molecular weight excluding hydrogens is 404 g/mol. The van der Waals surface area contributed by atoms with Gasteiger partial charge in [0.25, 0.3) is 0 Å². The molecule has 152 valence electrons. The van der Waals surface area contributed by atoms with Gasteiger partial charge in [-0.3, -0.25) is 4.79 Å². The number of aryl methyl sites for hydroxylation is 2. The Morgan fingerprint density at radius 1 is 1.14 bits per heavy atom. The van der Waals surface area contributed by atoms with Gasteiger partial charge in [-0.25, -0.2) is 4.79 Å². The second-order valence-corrected chi connectivity index (χ2v) is 8.63. The molecule has 0 saturated heterocycles. The molecule has 7 heteroatoms. The van der Waals surface area contributed by atoms with Crippen molar-refractivity contribution < 1.29 is 14.3 Å². The van der Waals surface area contributed by atoms with Gasteiger partial charge in [-0.05, 0) is 51.1 Å². The number of aromatic nitrogens is 1. The maximum atomic E-state index is 12.4. The molecule has 0 spiro atoms. The number of carbonyl (C=O) groups is 2. The summed E-state index contributed by atoms with van der Waals surface area (Å²) in [5.74, 6) is 0.215. The molecule has 0 aliphatic rings. The molecule has 2 aromatic carbocycles. The van der Waals surface area contributed by atoms with E-state index in [1.54, 1.807) is 30.8 Å². The lowest BCUT2D eigenvalue weighted by Gasteiger charge is -2.03. The quantitative estimate of drug-likeness (QED) is 0.400. The summed E-state index contributed by atoms with van der Waals surface area (Å²) in [5, 5.41) is 0. The minimum atomic E-state index is -0.339. The molecule has 0 aliphatic carbocycles. The Hall–Kier alpha value is -2.38. The van der Waals surface area contributed by atoms with E-state index in [1.165, 1.54) is 16.9 Å². The molecule has 3 rings (SSSR count). The number of esters is 1. The van der Waals surface area contributed by atoms with E-state index in [9.17, 15) is 9.59 Å². The van der Waals surface area contributed by atoms with Gasteiger partial charge in [0.2, 0.25) is 5.91 Å². The summed E-state index contributed by atoms with van der Waals surface area (Å²) in [6, 6.07) is 13.7. The maximum Gasteiger partial charge on any atom is 0.338 e. The maximum absolute atomic E-state index is 12.4. The van der Waals surface area contributed by atoms with Crippen molar-refractivity contribution in [3.05, 3.63) is 58.4 Å². The molecule has 0 bridgehead atoms. The topological polar surface area (TPSA) is 60.7 Å². The van der Waals surface area contributed by atoms with Crippen LogP contribution in [0.2, 0.25) is 0 Å². The van der Waals surface area contributed by atoms with Crippen LogP contribution >= 0.6 is 23.1 Å². The summed E-state index contributed by atoms with van der Waals surface area (Å²) in [4.78, 5) is 30.5. The molecular formula is C22H24N2O3S2. The second-order valence-electron chi connectivity index (χ2n) is 6.45. The van der Waals surface area contributed by atoms with E-state index in [1.807, 2.05) is 17.6 Å². The fraction of sp³-hybridized carbons (Fsp3) is 0.318. The summed E-state index contributed by atoms with van der Waals surface area (Å²) in [6.07, 6.45) is 0.380. The van der Waals surface area contributed by atoms with Gasteiger partial charge in [-0.1, -0.05) is 29.0 Å². The molecule has 29 heavy (non-hydrogen) atoms. The second kappa shape index (κ2) is 9.89. The average Bonchev–Trinajstić information content (AvgIpc) is 3.05. The molecule has 0 unspecified atom stereocenters. The fourth-order valence-corrected chi connectivity index (χ4v) is 4.85. The van der Waals surface area contributed by atoms with Crippen LogP contribution in [0, 0.1) is 6.92 Å². The van der Waals surface area contributed by atoms with E-state index in [2.05, 4.69) is 36.2 Å². The highest BCUT2D eigenvalue weighted by Crippen LogP contribution is 2.21. The molecule has 0 atom stereocenters. The third-order valence-corrected chi connectivity index (χ3v) is 6.39. The predicted molar refractivity (Wildman–Crippen MR) is 119 cm³/mol. The Kier molecular flexibility index (Phi) is 7.28. The molecule has 0 saturated carbocycles. The number of ether oxygens (including phenoxy) is 1. The Bertz CT molecular complexity index is 1080. The first-order chi connectivity index (χ1) is 14.0. The average molecular weight is 429 g/mol. The SMILES string of the molecule is CCOC(=O)c1ccc2c(c1)sc(=NC(=O)CCSc1ccc(C)cc1)n2CC. The van der Waals surface area contributed by atoms with Gasteiger partial charge in [0.1, 0.15) is 0 Å². The minimum Gasteiger partial charge on any atom is -0.462 e. The number of amides is 1. The normalized spacial score (nSPS) is 11.8.